The topological polar surface area (TPSA) is 132 Å². The van der Waals surface area contributed by atoms with Crippen LogP contribution >= 0.6 is 0 Å². The van der Waals surface area contributed by atoms with Crippen molar-refractivity contribution in [1.29, 1.82) is 0 Å². The highest BCUT2D eigenvalue weighted by Gasteiger charge is 2.56. The van der Waals surface area contributed by atoms with Gasteiger partial charge in [0.1, 0.15) is 16.9 Å². The average Bonchev–Trinajstić information content (AvgIpc) is 3.68. The van der Waals surface area contributed by atoms with Crippen molar-refractivity contribution in [3.05, 3.63) is 35.8 Å². The summed E-state index contributed by atoms with van der Waals surface area (Å²) < 4.78 is 0. The molecule has 2 aromatic rings. The molecular formula is C26H32N8O3. The van der Waals surface area contributed by atoms with E-state index in [2.05, 4.69) is 25.9 Å². The first-order valence-electron chi connectivity index (χ1n) is 13.2. The molecule has 3 aliphatic heterocycles. The normalized spacial score (nSPS) is 25.6. The summed E-state index contributed by atoms with van der Waals surface area (Å²) in [7, 11) is 1.91. The summed E-state index contributed by atoms with van der Waals surface area (Å²) in [4.78, 5) is 56.5. The molecule has 37 heavy (non-hydrogen) atoms. The lowest BCUT2D eigenvalue weighted by Gasteiger charge is -2.40. The van der Waals surface area contributed by atoms with E-state index in [0.717, 1.165) is 37.7 Å². The van der Waals surface area contributed by atoms with E-state index in [1.165, 1.54) is 0 Å². The number of rotatable bonds is 5. The van der Waals surface area contributed by atoms with Crippen LogP contribution < -0.4 is 20.9 Å². The molecule has 2 saturated heterocycles. The second-order valence-corrected chi connectivity index (χ2v) is 10.5. The predicted octanol–water partition coefficient (Wildman–Crippen LogP) is 1.39. The zero-order valence-corrected chi connectivity index (χ0v) is 21.0. The van der Waals surface area contributed by atoms with Crippen LogP contribution in [0.3, 0.4) is 0 Å². The van der Waals surface area contributed by atoms with Crippen LogP contribution in [0.4, 0.5) is 17.5 Å². The molecule has 3 N–H and O–H groups in total. The number of carbonyl (C=O) groups excluding carboxylic acids is 3. The van der Waals surface area contributed by atoms with Gasteiger partial charge in [0.2, 0.25) is 17.8 Å². The Kier molecular flexibility index (Phi) is 6.02. The van der Waals surface area contributed by atoms with Gasteiger partial charge in [-0.15, -0.1) is 0 Å². The number of hydrogen-bond acceptors (Lipinski definition) is 8. The summed E-state index contributed by atoms with van der Waals surface area (Å²) >= 11 is 0. The molecule has 1 aliphatic carbocycles. The molecule has 3 amide bonds. The minimum Gasteiger partial charge on any atom is -0.355 e. The van der Waals surface area contributed by atoms with Gasteiger partial charge in [-0.2, -0.15) is 4.98 Å². The third-order valence-corrected chi connectivity index (χ3v) is 8.27. The van der Waals surface area contributed by atoms with Gasteiger partial charge in [-0.25, -0.2) is 9.97 Å². The quantitative estimate of drug-likeness (QED) is 0.521. The lowest BCUT2D eigenvalue weighted by atomic mass is 9.76. The van der Waals surface area contributed by atoms with Crippen molar-refractivity contribution in [2.24, 2.45) is 5.41 Å². The van der Waals surface area contributed by atoms with Crippen LogP contribution in [0.1, 0.15) is 54.6 Å². The molecule has 2 aromatic heterocycles. The fourth-order valence-electron chi connectivity index (χ4n) is 6.13. The number of fused-ring (bicyclic) bond motifs is 1. The smallest absolute Gasteiger partial charge is 0.272 e. The largest absolute Gasteiger partial charge is 0.355 e. The second-order valence-electron chi connectivity index (χ2n) is 10.5. The molecule has 11 nitrogen and oxygen atoms in total. The van der Waals surface area contributed by atoms with E-state index in [1.54, 1.807) is 29.4 Å². The molecule has 0 radical (unpaired) electrons. The van der Waals surface area contributed by atoms with Gasteiger partial charge in [-0.05, 0) is 44.9 Å². The number of carbonyl (C=O) groups is 3. The highest BCUT2D eigenvalue weighted by atomic mass is 16.2. The molecule has 6 rings (SSSR count). The number of anilines is 3. The molecule has 1 saturated carbocycles. The van der Waals surface area contributed by atoms with E-state index in [1.807, 2.05) is 11.9 Å². The maximum Gasteiger partial charge on any atom is 0.272 e. The van der Waals surface area contributed by atoms with Crippen molar-refractivity contribution < 1.29 is 14.4 Å². The van der Waals surface area contributed by atoms with Crippen LogP contribution in [-0.4, -0.2) is 76.3 Å². The Balaban J connectivity index is 1.23. The van der Waals surface area contributed by atoms with Gasteiger partial charge in [-0.3, -0.25) is 19.3 Å². The zero-order valence-electron chi connectivity index (χ0n) is 21.0. The molecule has 4 aliphatic rings. The molecule has 0 bridgehead atoms. The number of aromatic nitrogens is 3. The number of nitrogens with zero attached hydrogens (tertiary/aromatic N) is 5. The van der Waals surface area contributed by atoms with Gasteiger partial charge >= 0.3 is 0 Å². The molecule has 1 spiro atoms. The summed E-state index contributed by atoms with van der Waals surface area (Å²) in [6.45, 7) is 1.91. The lowest BCUT2D eigenvalue weighted by molar-refractivity contribution is -0.140. The summed E-state index contributed by atoms with van der Waals surface area (Å²) in [5.74, 6) is 0.527. The Bertz CT molecular complexity index is 1230. The Morgan fingerprint density at radius 3 is 2.65 bits per heavy atom. The fraction of sp³-hybridized carbons (Fsp3) is 0.538. The minimum atomic E-state index is -1.05. The first kappa shape index (κ1) is 23.8. The second kappa shape index (κ2) is 9.37. The summed E-state index contributed by atoms with van der Waals surface area (Å²) in [6.07, 6.45) is 9.00. The number of hydrogen-bond donors (Lipinski definition) is 3. The molecule has 194 valence electrons. The van der Waals surface area contributed by atoms with Crippen molar-refractivity contribution in [2.75, 3.05) is 36.9 Å². The van der Waals surface area contributed by atoms with Crippen molar-refractivity contribution in [2.45, 2.75) is 57.0 Å². The first-order chi connectivity index (χ1) is 18.0. The third kappa shape index (κ3) is 4.11. The minimum absolute atomic E-state index is 0.0413. The molecule has 2 atom stereocenters. The van der Waals surface area contributed by atoms with E-state index >= 15 is 0 Å². The van der Waals surface area contributed by atoms with Crippen LogP contribution in [0.2, 0.25) is 0 Å². The van der Waals surface area contributed by atoms with E-state index in [0.29, 0.717) is 61.7 Å². The maximum atomic E-state index is 13.8. The van der Waals surface area contributed by atoms with Crippen LogP contribution in [0.25, 0.3) is 0 Å². The Hall–Kier alpha value is -3.60. The van der Waals surface area contributed by atoms with Crippen molar-refractivity contribution in [3.8, 4) is 0 Å². The first-order valence-corrected chi connectivity index (χ1v) is 13.2. The van der Waals surface area contributed by atoms with Gasteiger partial charge in [-0.1, -0.05) is 12.8 Å². The third-order valence-electron chi connectivity index (χ3n) is 8.27. The number of pyridine rings is 1. The summed E-state index contributed by atoms with van der Waals surface area (Å²) in [5.41, 5.74) is 0.806. The van der Waals surface area contributed by atoms with E-state index in [4.69, 9.17) is 4.98 Å². The lowest BCUT2D eigenvalue weighted by Crippen LogP contribution is -2.56. The molecule has 11 heteroatoms. The molecule has 2 unspecified atom stereocenters. The Morgan fingerprint density at radius 2 is 1.97 bits per heavy atom. The maximum absolute atomic E-state index is 13.8. The van der Waals surface area contributed by atoms with E-state index in [-0.39, 0.29) is 23.8 Å². The fourth-order valence-corrected chi connectivity index (χ4v) is 6.13. The van der Waals surface area contributed by atoms with Crippen LogP contribution in [0.15, 0.2) is 24.5 Å². The number of amides is 3. The zero-order chi connectivity index (χ0) is 25.6. The van der Waals surface area contributed by atoms with Crippen molar-refractivity contribution >= 4 is 35.2 Å². The number of likely N-dealkylation sites (N-methyl/N-ethyl adjacent to an activating group) is 1. The Labute approximate surface area is 215 Å². The van der Waals surface area contributed by atoms with Gasteiger partial charge < -0.3 is 20.9 Å². The molecular weight excluding hydrogens is 472 g/mol. The van der Waals surface area contributed by atoms with E-state index in [9.17, 15) is 14.4 Å². The van der Waals surface area contributed by atoms with Gasteiger partial charge in [0.25, 0.3) is 5.91 Å². The highest BCUT2D eigenvalue weighted by molar-refractivity contribution is 6.14. The Morgan fingerprint density at radius 1 is 1.14 bits per heavy atom. The van der Waals surface area contributed by atoms with Crippen molar-refractivity contribution in [1.82, 2.24) is 30.5 Å². The highest BCUT2D eigenvalue weighted by Crippen LogP contribution is 2.44. The predicted molar refractivity (Wildman–Crippen MR) is 136 cm³/mol. The van der Waals surface area contributed by atoms with Gasteiger partial charge in [0, 0.05) is 49.9 Å². The molecule has 5 heterocycles. The van der Waals surface area contributed by atoms with Gasteiger partial charge in [0.05, 0.1) is 11.9 Å². The summed E-state index contributed by atoms with van der Waals surface area (Å²) in [6, 6.07) is 3.85. The number of likely N-dealkylation sites (tertiary alicyclic amines) is 1. The van der Waals surface area contributed by atoms with Crippen LogP contribution in [0, 0.1) is 5.41 Å². The SMILES string of the molecule is CNC1CCN(C(=O)c2ccc(Nc3ncc4c(n3)N(C3CCCC3)C(=O)C3(CCNC3=O)C4)cn2)C1. The monoisotopic (exact) mass is 504 g/mol. The van der Waals surface area contributed by atoms with Crippen molar-refractivity contribution in [3.63, 3.8) is 0 Å². The molecule has 3 fully saturated rings. The standard InChI is InChI=1S/C26H32N8O3/c1-27-18-8-11-33(15-18)22(35)20-7-6-17(14-29-20)31-25-30-13-16-12-26(9-10-28-23(26)36)24(37)34(21(16)32-25)19-4-2-3-5-19/h6-7,13-14,18-19,27H,2-5,8-12,15H2,1H3,(H,28,36)(H,30,31,32). The summed E-state index contributed by atoms with van der Waals surface area (Å²) in [5, 5.41) is 9.24. The number of nitrogens with one attached hydrogen (secondary N) is 3. The van der Waals surface area contributed by atoms with Crippen LogP contribution in [-0.2, 0) is 16.0 Å². The van der Waals surface area contributed by atoms with E-state index < -0.39 is 5.41 Å². The van der Waals surface area contributed by atoms with Gasteiger partial charge in [0.15, 0.2) is 0 Å². The van der Waals surface area contributed by atoms with Crippen LogP contribution in [0.5, 0.6) is 0 Å². The average molecular weight is 505 g/mol. The molecule has 0 aromatic carbocycles.